The Morgan fingerprint density at radius 1 is 0.971 bits per heavy atom. The minimum absolute atomic E-state index is 0.0851. The van der Waals surface area contributed by atoms with Crippen molar-refractivity contribution in [3.63, 3.8) is 0 Å². The van der Waals surface area contributed by atoms with Crippen molar-refractivity contribution in [2.75, 3.05) is 11.9 Å². The van der Waals surface area contributed by atoms with Crippen LogP contribution in [0.2, 0.25) is 0 Å². The molecule has 1 N–H and O–H groups in total. The topological polar surface area (TPSA) is 90.3 Å². The van der Waals surface area contributed by atoms with E-state index in [0.717, 1.165) is 16.1 Å². The molecule has 5 rings (SSSR count). The Morgan fingerprint density at radius 2 is 1.71 bits per heavy atom. The van der Waals surface area contributed by atoms with Crippen molar-refractivity contribution in [3.05, 3.63) is 93.5 Å². The number of pyridine rings is 1. The van der Waals surface area contributed by atoms with Crippen LogP contribution in [0.25, 0.3) is 32.5 Å². The summed E-state index contributed by atoms with van der Waals surface area (Å²) in [7, 11) is 1.53. The summed E-state index contributed by atoms with van der Waals surface area (Å²) in [5.41, 5.74) is 1.88. The smallest absolute Gasteiger partial charge is 0.356 e. The lowest BCUT2D eigenvalue weighted by atomic mass is 9.97. The van der Waals surface area contributed by atoms with Crippen molar-refractivity contribution < 1.29 is 14.3 Å². The molecule has 3 heterocycles. The van der Waals surface area contributed by atoms with Crippen LogP contribution in [-0.2, 0) is 16.6 Å². The van der Waals surface area contributed by atoms with E-state index in [1.807, 2.05) is 59.3 Å². The van der Waals surface area contributed by atoms with Gasteiger partial charge in [-0.3, -0.25) is 14.9 Å². The average molecular weight is 502 g/mol. The van der Waals surface area contributed by atoms with E-state index in [4.69, 9.17) is 4.74 Å². The Labute approximate surface area is 208 Å². The predicted octanol–water partition coefficient (Wildman–Crippen LogP) is 5.19. The first-order valence-corrected chi connectivity index (χ1v) is 12.4. The van der Waals surface area contributed by atoms with Gasteiger partial charge in [0.15, 0.2) is 11.7 Å². The Balaban J connectivity index is 1.40. The SMILES string of the molecule is Cn1c(C(=O)OCC(=O)Nc2nc(-c3cccs3)cs2)c(-c2ccccc2)c2ccccc2c1=O. The summed E-state index contributed by atoms with van der Waals surface area (Å²) >= 11 is 2.85. The van der Waals surface area contributed by atoms with Gasteiger partial charge in [0.25, 0.3) is 11.5 Å². The van der Waals surface area contributed by atoms with Gasteiger partial charge in [-0.05, 0) is 28.5 Å². The fourth-order valence-corrected chi connectivity index (χ4v) is 5.31. The average Bonchev–Trinajstić information content (AvgIpc) is 3.57. The first-order valence-electron chi connectivity index (χ1n) is 10.7. The molecule has 174 valence electrons. The number of benzene rings is 2. The van der Waals surface area contributed by atoms with Gasteiger partial charge in [0, 0.05) is 23.4 Å². The highest BCUT2D eigenvalue weighted by Gasteiger charge is 2.23. The third-order valence-electron chi connectivity index (χ3n) is 5.42. The molecular formula is C26H19N3O4S2. The molecule has 0 aliphatic heterocycles. The third-order valence-corrected chi connectivity index (χ3v) is 7.07. The number of esters is 1. The van der Waals surface area contributed by atoms with Gasteiger partial charge in [0.2, 0.25) is 0 Å². The summed E-state index contributed by atoms with van der Waals surface area (Å²) in [5, 5.41) is 8.02. The molecule has 3 aromatic heterocycles. The van der Waals surface area contributed by atoms with E-state index in [2.05, 4.69) is 10.3 Å². The number of rotatable bonds is 6. The van der Waals surface area contributed by atoms with E-state index in [1.54, 1.807) is 29.5 Å². The zero-order chi connectivity index (χ0) is 24.4. The highest BCUT2D eigenvalue weighted by Crippen LogP contribution is 2.31. The van der Waals surface area contributed by atoms with Crippen LogP contribution in [0.4, 0.5) is 5.13 Å². The summed E-state index contributed by atoms with van der Waals surface area (Å²) < 4.78 is 6.63. The summed E-state index contributed by atoms with van der Waals surface area (Å²) in [6.07, 6.45) is 0. The van der Waals surface area contributed by atoms with E-state index >= 15 is 0 Å². The zero-order valence-corrected chi connectivity index (χ0v) is 20.2. The van der Waals surface area contributed by atoms with Crippen LogP contribution in [0.5, 0.6) is 0 Å². The number of hydrogen-bond donors (Lipinski definition) is 1. The highest BCUT2D eigenvalue weighted by atomic mass is 32.1. The molecular weight excluding hydrogens is 482 g/mol. The quantitative estimate of drug-likeness (QED) is 0.324. The molecule has 9 heteroatoms. The number of thiophene rings is 1. The highest BCUT2D eigenvalue weighted by molar-refractivity contribution is 7.16. The number of hydrogen-bond acceptors (Lipinski definition) is 7. The van der Waals surface area contributed by atoms with Crippen LogP contribution < -0.4 is 10.9 Å². The number of thiazole rings is 1. The number of ether oxygens (including phenoxy) is 1. The van der Waals surface area contributed by atoms with E-state index in [-0.39, 0.29) is 11.3 Å². The number of anilines is 1. The van der Waals surface area contributed by atoms with Crippen LogP contribution in [0.3, 0.4) is 0 Å². The normalized spacial score (nSPS) is 10.9. The molecule has 0 fully saturated rings. The van der Waals surface area contributed by atoms with Crippen molar-refractivity contribution >= 4 is 50.5 Å². The number of nitrogens with zero attached hydrogens (tertiary/aromatic N) is 2. The van der Waals surface area contributed by atoms with Gasteiger partial charge in [-0.2, -0.15) is 0 Å². The zero-order valence-electron chi connectivity index (χ0n) is 18.6. The Kier molecular flexibility index (Phi) is 6.26. The van der Waals surface area contributed by atoms with Crippen LogP contribution in [0.15, 0.2) is 82.3 Å². The predicted molar refractivity (Wildman–Crippen MR) is 139 cm³/mol. The van der Waals surface area contributed by atoms with E-state index < -0.39 is 18.5 Å². The molecule has 0 bridgehead atoms. The molecule has 0 aliphatic rings. The van der Waals surface area contributed by atoms with Crippen LogP contribution >= 0.6 is 22.7 Å². The van der Waals surface area contributed by atoms with Crippen molar-refractivity contribution in [2.45, 2.75) is 0 Å². The first-order chi connectivity index (χ1) is 17.0. The van der Waals surface area contributed by atoms with E-state index in [1.165, 1.54) is 23.0 Å². The molecule has 0 unspecified atom stereocenters. The van der Waals surface area contributed by atoms with Gasteiger partial charge >= 0.3 is 5.97 Å². The van der Waals surface area contributed by atoms with Crippen molar-refractivity contribution in [3.8, 4) is 21.7 Å². The minimum Gasteiger partial charge on any atom is -0.451 e. The van der Waals surface area contributed by atoms with Crippen LogP contribution in [0, 0.1) is 0 Å². The molecule has 0 spiro atoms. The molecule has 2 aromatic carbocycles. The van der Waals surface area contributed by atoms with Gasteiger partial charge in [-0.15, -0.1) is 22.7 Å². The summed E-state index contributed by atoms with van der Waals surface area (Å²) in [5.74, 6) is -1.28. The first kappa shape index (κ1) is 22.7. The number of nitrogens with one attached hydrogen (secondary N) is 1. The number of carbonyl (C=O) groups is 2. The number of fused-ring (bicyclic) bond motifs is 1. The number of amides is 1. The molecule has 35 heavy (non-hydrogen) atoms. The fourth-order valence-electron chi connectivity index (χ4n) is 3.82. The standard InChI is InChI=1S/C26H19N3O4S2/c1-29-23(22(16-8-3-2-4-9-16)17-10-5-6-11-18(17)24(29)31)25(32)33-14-21(30)28-26-27-19(15-35-26)20-12-7-13-34-20/h2-13,15H,14H2,1H3,(H,27,28,30). The lowest BCUT2D eigenvalue weighted by Gasteiger charge is -2.16. The van der Waals surface area contributed by atoms with Gasteiger partial charge in [0.05, 0.1) is 10.6 Å². The molecule has 1 amide bonds. The monoisotopic (exact) mass is 501 g/mol. The summed E-state index contributed by atoms with van der Waals surface area (Å²) in [6, 6.07) is 20.3. The Hall–Kier alpha value is -4.08. The van der Waals surface area contributed by atoms with Crippen molar-refractivity contribution in [1.82, 2.24) is 9.55 Å². The molecule has 5 aromatic rings. The summed E-state index contributed by atoms with van der Waals surface area (Å²) in [4.78, 5) is 44.1. The maximum Gasteiger partial charge on any atom is 0.356 e. The molecule has 7 nitrogen and oxygen atoms in total. The van der Waals surface area contributed by atoms with Crippen LogP contribution in [0.1, 0.15) is 10.5 Å². The second-order valence-electron chi connectivity index (χ2n) is 7.64. The van der Waals surface area contributed by atoms with Gasteiger partial charge in [-0.1, -0.05) is 54.6 Å². The molecule has 0 saturated heterocycles. The molecule has 0 aliphatic carbocycles. The molecule has 0 atom stereocenters. The maximum atomic E-state index is 13.2. The lowest BCUT2D eigenvalue weighted by molar-refractivity contribution is -0.119. The lowest BCUT2D eigenvalue weighted by Crippen LogP contribution is -2.28. The Morgan fingerprint density at radius 3 is 2.46 bits per heavy atom. The van der Waals surface area contributed by atoms with Crippen LogP contribution in [-0.4, -0.2) is 28.0 Å². The fraction of sp³-hybridized carbons (Fsp3) is 0.0769. The minimum atomic E-state index is -0.761. The van der Waals surface area contributed by atoms with Gasteiger partial charge in [0.1, 0.15) is 5.69 Å². The summed E-state index contributed by atoms with van der Waals surface area (Å²) in [6.45, 7) is -0.512. The number of carbonyl (C=O) groups excluding carboxylic acids is 2. The third kappa shape index (κ3) is 4.51. The van der Waals surface area contributed by atoms with Gasteiger partial charge in [-0.25, -0.2) is 9.78 Å². The van der Waals surface area contributed by atoms with E-state index in [9.17, 15) is 14.4 Å². The van der Waals surface area contributed by atoms with Crippen molar-refractivity contribution in [1.29, 1.82) is 0 Å². The maximum absolute atomic E-state index is 13.2. The van der Waals surface area contributed by atoms with E-state index in [0.29, 0.717) is 21.5 Å². The molecule has 0 radical (unpaired) electrons. The van der Waals surface area contributed by atoms with Crippen molar-refractivity contribution in [2.24, 2.45) is 7.05 Å². The second-order valence-corrected chi connectivity index (χ2v) is 9.44. The number of aromatic nitrogens is 2. The molecule has 0 saturated carbocycles. The Bertz CT molecular complexity index is 1590. The van der Waals surface area contributed by atoms with Gasteiger partial charge < -0.3 is 9.30 Å². The largest absolute Gasteiger partial charge is 0.451 e. The second kappa shape index (κ2) is 9.65.